The van der Waals surface area contributed by atoms with Crippen molar-refractivity contribution in [1.29, 1.82) is 0 Å². The number of hydrogen-bond donors (Lipinski definition) is 1. The van der Waals surface area contributed by atoms with Gasteiger partial charge in [0.25, 0.3) is 0 Å². The van der Waals surface area contributed by atoms with Crippen molar-refractivity contribution in [3.8, 4) is 5.75 Å². The van der Waals surface area contributed by atoms with Gasteiger partial charge in [-0.1, -0.05) is 6.07 Å². The molecule has 0 unspecified atom stereocenters. The third-order valence-electron chi connectivity index (χ3n) is 2.46. The Morgan fingerprint density at radius 2 is 2.29 bits per heavy atom. The van der Waals surface area contributed by atoms with E-state index in [1.165, 1.54) is 9.99 Å². The first kappa shape index (κ1) is 10.2. The summed E-state index contributed by atoms with van der Waals surface area (Å²) < 4.78 is 6.89. The maximum atomic E-state index is 5.66. The molecule has 76 valence electrons. The summed E-state index contributed by atoms with van der Waals surface area (Å²) in [6, 6.07) is 8.19. The van der Waals surface area contributed by atoms with Crippen LogP contribution >= 0.6 is 22.6 Å². The highest BCUT2D eigenvalue weighted by atomic mass is 127. The third kappa shape index (κ3) is 2.85. The minimum Gasteiger partial charge on any atom is -0.494 e. The Morgan fingerprint density at radius 3 is 2.93 bits per heavy atom. The highest BCUT2D eigenvalue weighted by Crippen LogP contribution is 2.16. The van der Waals surface area contributed by atoms with E-state index in [-0.39, 0.29) is 0 Å². The van der Waals surface area contributed by atoms with Crippen LogP contribution in [0.15, 0.2) is 24.3 Å². The first-order valence-corrected chi connectivity index (χ1v) is 6.01. The lowest BCUT2D eigenvalue weighted by atomic mass is 10.0. The van der Waals surface area contributed by atoms with Crippen LogP contribution in [0, 0.1) is 9.49 Å². The molecule has 14 heavy (non-hydrogen) atoms. The average molecular weight is 303 g/mol. The second-order valence-corrected chi connectivity index (χ2v) is 4.86. The first-order valence-electron chi connectivity index (χ1n) is 4.94. The van der Waals surface area contributed by atoms with E-state index in [1.807, 2.05) is 12.1 Å². The molecule has 1 aromatic carbocycles. The van der Waals surface area contributed by atoms with Crippen LogP contribution < -0.4 is 10.1 Å². The maximum Gasteiger partial charge on any atom is 0.120 e. The highest BCUT2D eigenvalue weighted by Gasteiger charge is 2.15. The Kier molecular flexibility index (Phi) is 3.64. The predicted octanol–water partition coefficient (Wildman–Crippen LogP) is 2.28. The van der Waals surface area contributed by atoms with Crippen LogP contribution in [0.4, 0.5) is 0 Å². The summed E-state index contributed by atoms with van der Waals surface area (Å²) in [4.78, 5) is 0. The van der Waals surface area contributed by atoms with E-state index >= 15 is 0 Å². The van der Waals surface area contributed by atoms with E-state index in [2.05, 4.69) is 40.0 Å². The zero-order chi connectivity index (χ0) is 9.80. The van der Waals surface area contributed by atoms with Gasteiger partial charge in [-0.25, -0.2) is 0 Å². The fourth-order valence-corrected chi connectivity index (χ4v) is 1.97. The summed E-state index contributed by atoms with van der Waals surface area (Å²) in [6.07, 6.45) is 1.17. The van der Waals surface area contributed by atoms with Crippen molar-refractivity contribution in [2.24, 2.45) is 5.92 Å². The van der Waals surface area contributed by atoms with Crippen molar-refractivity contribution >= 4 is 22.6 Å². The molecule has 3 heteroatoms. The van der Waals surface area contributed by atoms with Gasteiger partial charge in [0, 0.05) is 3.57 Å². The number of halogens is 1. The van der Waals surface area contributed by atoms with Gasteiger partial charge in [0.15, 0.2) is 0 Å². The van der Waals surface area contributed by atoms with Crippen LogP contribution in [-0.4, -0.2) is 19.7 Å². The Bertz CT molecular complexity index is 299. The lowest BCUT2D eigenvalue weighted by Crippen LogP contribution is -2.42. The van der Waals surface area contributed by atoms with Crippen molar-refractivity contribution in [2.45, 2.75) is 6.42 Å². The Morgan fingerprint density at radius 1 is 1.43 bits per heavy atom. The van der Waals surface area contributed by atoms with E-state index in [9.17, 15) is 0 Å². The standard InChI is InChI=1S/C11H14INO/c12-10-2-1-3-11(6-10)14-5-4-9-7-13-8-9/h1-3,6,9,13H,4-5,7-8H2. The Labute approximate surface area is 98.2 Å². The number of nitrogens with one attached hydrogen (secondary N) is 1. The van der Waals surface area contributed by atoms with Gasteiger partial charge >= 0.3 is 0 Å². The quantitative estimate of drug-likeness (QED) is 0.862. The molecule has 0 bridgehead atoms. The largest absolute Gasteiger partial charge is 0.494 e. The average Bonchev–Trinajstić information content (AvgIpc) is 2.09. The van der Waals surface area contributed by atoms with Crippen LogP contribution in [0.1, 0.15) is 6.42 Å². The Balaban J connectivity index is 1.74. The van der Waals surface area contributed by atoms with Gasteiger partial charge in [-0.05, 0) is 66.2 Å². The van der Waals surface area contributed by atoms with Crippen molar-refractivity contribution in [2.75, 3.05) is 19.7 Å². The fraction of sp³-hybridized carbons (Fsp3) is 0.455. The highest BCUT2D eigenvalue weighted by molar-refractivity contribution is 14.1. The van der Waals surface area contributed by atoms with E-state index in [0.717, 1.165) is 31.4 Å². The first-order chi connectivity index (χ1) is 6.84. The monoisotopic (exact) mass is 303 g/mol. The van der Waals surface area contributed by atoms with E-state index in [4.69, 9.17) is 4.74 Å². The molecule has 1 heterocycles. The third-order valence-corrected chi connectivity index (χ3v) is 3.13. The molecule has 0 aromatic heterocycles. The van der Waals surface area contributed by atoms with Gasteiger partial charge in [0.1, 0.15) is 5.75 Å². The Hall–Kier alpha value is -0.290. The molecular weight excluding hydrogens is 289 g/mol. The summed E-state index contributed by atoms with van der Waals surface area (Å²) in [5.74, 6) is 1.82. The zero-order valence-electron chi connectivity index (χ0n) is 8.00. The fourth-order valence-electron chi connectivity index (χ4n) is 1.45. The second kappa shape index (κ2) is 4.98. The summed E-state index contributed by atoms with van der Waals surface area (Å²) in [5, 5.41) is 3.26. The van der Waals surface area contributed by atoms with Crippen LogP contribution in [0.25, 0.3) is 0 Å². The number of ether oxygens (including phenoxy) is 1. The van der Waals surface area contributed by atoms with Gasteiger partial charge in [0.05, 0.1) is 6.61 Å². The lowest BCUT2D eigenvalue weighted by Gasteiger charge is -2.26. The van der Waals surface area contributed by atoms with Crippen LogP contribution in [0.5, 0.6) is 5.75 Å². The van der Waals surface area contributed by atoms with Gasteiger partial charge in [-0.3, -0.25) is 0 Å². The molecule has 2 nitrogen and oxygen atoms in total. The summed E-state index contributed by atoms with van der Waals surface area (Å²) in [5.41, 5.74) is 0. The molecule has 1 aliphatic heterocycles. The molecule has 0 spiro atoms. The molecular formula is C11H14INO. The van der Waals surface area contributed by atoms with Gasteiger partial charge in [-0.2, -0.15) is 0 Å². The van der Waals surface area contributed by atoms with E-state index in [0.29, 0.717) is 0 Å². The molecule has 1 saturated heterocycles. The van der Waals surface area contributed by atoms with E-state index < -0.39 is 0 Å². The van der Waals surface area contributed by atoms with Crippen molar-refractivity contribution < 1.29 is 4.74 Å². The van der Waals surface area contributed by atoms with E-state index in [1.54, 1.807) is 0 Å². The lowest BCUT2D eigenvalue weighted by molar-refractivity contribution is 0.238. The van der Waals surface area contributed by atoms with Gasteiger partial charge in [-0.15, -0.1) is 0 Å². The number of rotatable bonds is 4. The molecule has 0 aliphatic carbocycles. The van der Waals surface area contributed by atoms with Crippen LogP contribution in [0.2, 0.25) is 0 Å². The molecule has 1 aliphatic rings. The molecule has 0 amide bonds. The van der Waals surface area contributed by atoms with Crippen molar-refractivity contribution in [3.05, 3.63) is 27.8 Å². The topological polar surface area (TPSA) is 21.3 Å². The van der Waals surface area contributed by atoms with Crippen LogP contribution in [0.3, 0.4) is 0 Å². The minimum atomic E-state index is 0.831. The van der Waals surface area contributed by atoms with Gasteiger partial charge < -0.3 is 10.1 Å². The zero-order valence-corrected chi connectivity index (χ0v) is 10.2. The molecule has 0 saturated carbocycles. The summed E-state index contributed by atoms with van der Waals surface area (Å²) in [7, 11) is 0. The number of benzene rings is 1. The molecule has 0 atom stereocenters. The maximum absolute atomic E-state index is 5.66. The SMILES string of the molecule is Ic1cccc(OCCC2CNC2)c1. The van der Waals surface area contributed by atoms with Gasteiger partial charge in [0.2, 0.25) is 0 Å². The normalized spacial score (nSPS) is 16.4. The number of hydrogen-bond acceptors (Lipinski definition) is 2. The van der Waals surface area contributed by atoms with Crippen molar-refractivity contribution in [3.63, 3.8) is 0 Å². The van der Waals surface area contributed by atoms with Crippen LogP contribution in [-0.2, 0) is 0 Å². The molecule has 1 aromatic rings. The summed E-state index contributed by atoms with van der Waals surface area (Å²) in [6.45, 7) is 3.16. The van der Waals surface area contributed by atoms with Crippen molar-refractivity contribution in [1.82, 2.24) is 5.32 Å². The summed E-state index contributed by atoms with van der Waals surface area (Å²) >= 11 is 2.30. The predicted molar refractivity (Wildman–Crippen MR) is 65.6 cm³/mol. The smallest absolute Gasteiger partial charge is 0.120 e. The molecule has 1 N–H and O–H groups in total. The molecule has 0 radical (unpaired) electrons. The molecule has 2 rings (SSSR count). The second-order valence-electron chi connectivity index (χ2n) is 3.62. The molecule has 1 fully saturated rings. The minimum absolute atomic E-state index is 0.831.